The van der Waals surface area contributed by atoms with E-state index in [9.17, 15) is 9.90 Å². The van der Waals surface area contributed by atoms with Crippen molar-refractivity contribution in [2.24, 2.45) is 0 Å². The maximum Gasteiger partial charge on any atom is 0.159 e. The van der Waals surface area contributed by atoms with Gasteiger partial charge in [0.1, 0.15) is 0 Å². The van der Waals surface area contributed by atoms with Crippen LogP contribution in [0.1, 0.15) is 24.3 Å². The first-order valence-corrected chi connectivity index (χ1v) is 5.76. The molecule has 0 saturated carbocycles. The molecule has 1 aromatic carbocycles. The van der Waals surface area contributed by atoms with E-state index in [1.807, 2.05) is 43.3 Å². The van der Waals surface area contributed by atoms with E-state index >= 15 is 0 Å². The molecule has 2 rings (SSSR count). The van der Waals surface area contributed by atoms with Crippen LogP contribution in [-0.2, 0) is 4.79 Å². The number of allylic oxidation sites excluding steroid dienone is 2. The second-order valence-electron chi connectivity index (χ2n) is 4.69. The number of ketones is 1. The summed E-state index contributed by atoms with van der Waals surface area (Å²) in [5.41, 5.74) is 2.25. The van der Waals surface area contributed by atoms with Gasteiger partial charge < -0.3 is 10.0 Å². The number of nitrogens with zero attached hydrogens (tertiary/aromatic N) is 1. The lowest BCUT2D eigenvalue weighted by atomic mass is 9.86. The molecule has 0 amide bonds. The van der Waals surface area contributed by atoms with Gasteiger partial charge in [0.2, 0.25) is 0 Å². The summed E-state index contributed by atoms with van der Waals surface area (Å²) >= 11 is 0. The summed E-state index contributed by atoms with van der Waals surface area (Å²) in [6.45, 7) is 0. The highest BCUT2D eigenvalue weighted by Crippen LogP contribution is 2.31. The van der Waals surface area contributed by atoms with E-state index in [0.29, 0.717) is 12.8 Å². The van der Waals surface area contributed by atoms with Gasteiger partial charge in [-0.15, -0.1) is 0 Å². The van der Waals surface area contributed by atoms with Gasteiger partial charge in [0.05, 0.1) is 5.76 Å². The predicted octanol–water partition coefficient (Wildman–Crippen LogP) is 2.64. The first kappa shape index (κ1) is 11.7. The molecule has 3 nitrogen and oxygen atoms in total. The number of anilines is 1. The minimum Gasteiger partial charge on any atom is -0.512 e. The molecule has 3 heteroatoms. The number of carbonyl (C=O) groups is 1. The molecule has 0 bridgehead atoms. The smallest absolute Gasteiger partial charge is 0.159 e. The molecule has 0 radical (unpaired) electrons. The number of hydrogen-bond donors (Lipinski definition) is 1. The molecule has 1 aliphatic rings. The van der Waals surface area contributed by atoms with Gasteiger partial charge in [-0.2, -0.15) is 0 Å². The van der Waals surface area contributed by atoms with Crippen LogP contribution in [0.15, 0.2) is 36.1 Å². The van der Waals surface area contributed by atoms with Gasteiger partial charge in [-0.05, 0) is 23.6 Å². The third kappa shape index (κ3) is 2.67. The Balaban J connectivity index is 2.18. The van der Waals surface area contributed by atoms with Gasteiger partial charge in [-0.1, -0.05) is 12.1 Å². The molecule has 0 unspecified atom stereocenters. The Hall–Kier alpha value is -1.77. The van der Waals surface area contributed by atoms with Crippen molar-refractivity contribution in [1.82, 2.24) is 0 Å². The Morgan fingerprint density at radius 1 is 1.18 bits per heavy atom. The first-order valence-electron chi connectivity index (χ1n) is 5.76. The van der Waals surface area contributed by atoms with E-state index in [4.69, 9.17) is 0 Å². The number of rotatable bonds is 2. The molecule has 17 heavy (non-hydrogen) atoms. The second kappa shape index (κ2) is 4.62. The lowest BCUT2D eigenvalue weighted by molar-refractivity contribution is -0.115. The quantitative estimate of drug-likeness (QED) is 0.850. The van der Waals surface area contributed by atoms with Crippen molar-refractivity contribution in [3.8, 4) is 0 Å². The van der Waals surface area contributed by atoms with Crippen LogP contribution in [0.3, 0.4) is 0 Å². The zero-order chi connectivity index (χ0) is 12.4. The molecule has 1 aliphatic carbocycles. The highest BCUT2D eigenvalue weighted by atomic mass is 16.3. The molecule has 0 spiro atoms. The van der Waals surface area contributed by atoms with Crippen LogP contribution in [0.4, 0.5) is 5.69 Å². The third-order valence-corrected chi connectivity index (χ3v) is 3.11. The van der Waals surface area contributed by atoms with Crippen LogP contribution in [0.25, 0.3) is 0 Å². The Morgan fingerprint density at radius 2 is 1.82 bits per heavy atom. The fourth-order valence-corrected chi connectivity index (χ4v) is 2.15. The Labute approximate surface area is 101 Å². The van der Waals surface area contributed by atoms with Crippen LogP contribution >= 0.6 is 0 Å². The van der Waals surface area contributed by atoms with Crippen LogP contribution in [-0.4, -0.2) is 25.0 Å². The van der Waals surface area contributed by atoms with Gasteiger partial charge >= 0.3 is 0 Å². The lowest BCUT2D eigenvalue weighted by Crippen LogP contribution is -2.13. The minimum atomic E-state index is 0.00966. The van der Waals surface area contributed by atoms with Crippen molar-refractivity contribution in [3.05, 3.63) is 41.7 Å². The Morgan fingerprint density at radius 3 is 2.35 bits per heavy atom. The topological polar surface area (TPSA) is 40.5 Å². The molecular formula is C14H17NO2. The predicted molar refractivity (Wildman–Crippen MR) is 68.5 cm³/mol. The van der Waals surface area contributed by atoms with Crippen molar-refractivity contribution in [1.29, 1.82) is 0 Å². The summed E-state index contributed by atoms with van der Waals surface area (Å²) in [5.74, 6) is 0.321. The minimum absolute atomic E-state index is 0.00966. The van der Waals surface area contributed by atoms with Gasteiger partial charge in [-0.3, -0.25) is 4.79 Å². The standard InChI is InChI=1S/C14H17NO2/c1-15(2)12-5-3-10(4-6-12)11-7-13(16)9-14(17)8-11/h3-6,9,11,16H,7-8H2,1-2H3/t11-/m0/s1. The molecule has 90 valence electrons. The van der Waals surface area contributed by atoms with Crippen LogP contribution < -0.4 is 4.90 Å². The highest BCUT2D eigenvalue weighted by Gasteiger charge is 2.21. The number of carbonyl (C=O) groups excluding carboxylic acids is 1. The molecule has 0 heterocycles. The van der Waals surface area contributed by atoms with Crippen molar-refractivity contribution < 1.29 is 9.90 Å². The van der Waals surface area contributed by atoms with E-state index in [0.717, 1.165) is 11.3 Å². The van der Waals surface area contributed by atoms with Crippen molar-refractivity contribution in [2.75, 3.05) is 19.0 Å². The van der Waals surface area contributed by atoms with E-state index in [1.54, 1.807) is 0 Å². The van der Waals surface area contributed by atoms with Gasteiger partial charge in [0, 0.05) is 38.7 Å². The summed E-state index contributed by atoms with van der Waals surface area (Å²) in [4.78, 5) is 13.4. The third-order valence-electron chi connectivity index (χ3n) is 3.11. The van der Waals surface area contributed by atoms with Crippen LogP contribution in [0.5, 0.6) is 0 Å². The average molecular weight is 231 g/mol. The zero-order valence-electron chi connectivity index (χ0n) is 10.2. The van der Waals surface area contributed by atoms with E-state index in [-0.39, 0.29) is 17.5 Å². The molecule has 0 aromatic heterocycles. The molecule has 0 saturated heterocycles. The zero-order valence-corrected chi connectivity index (χ0v) is 10.2. The van der Waals surface area contributed by atoms with Crippen molar-refractivity contribution >= 4 is 11.5 Å². The Bertz CT molecular complexity index is 446. The lowest BCUT2D eigenvalue weighted by Gasteiger charge is -2.20. The largest absolute Gasteiger partial charge is 0.512 e. The second-order valence-corrected chi connectivity index (χ2v) is 4.69. The van der Waals surface area contributed by atoms with Gasteiger partial charge in [0.25, 0.3) is 0 Å². The Kier molecular flexibility index (Phi) is 3.18. The summed E-state index contributed by atoms with van der Waals surface area (Å²) < 4.78 is 0. The number of aliphatic hydroxyl groups excluding tert-OH is 1. The molecular weight excluding hydrogens is 214 g/mol. The van der Waals surface area contributed by atoms with Gasteiger partial charge in [0.15, 0.2) is 5.78 Å². The van der Waals surface area contributed by atoms with Crippen LogP contribution in [0.2, 0.25) is 0 Å². The first-order chi connectivity index (χ1) is 8.06. The maximum absolute atomic E-state index is 11.4. The summed E-state index contributed by atoms with van der Waals surface area (Å²) in [5, 5.41) is 9.49. The number of hydrogen-bond acceptors (Lipinski definition) is 3. The summed E-state index contributed by atoms with van der Waals surface area (Å²) in [6, 6.07) is 8.14. The van der Waals surface area contributed by atoms with E-state index in [1.165, 1.54) is 6.08 Å². The normalized spacial score (nSPS) is 20.0. The molecule has 0 fully saturated rings. The molecule has 1 N–H and O–H groups in total. The SMILES string of the molecule is CN(C)c1ccc([C@@H]2CC(=O)C=C(O)C2)cc1. The number of benzene rings is 1. The average Bonchev–Trinajstić information content (AvgIpc) is 2.28. The molecule has 1 aromatic rings. The fourth-order valence-electron chi connectivity index (χ4n) is 2.15. The highest BCUT2D eigenvalue weighted by molar-refractivity contribution is 5.91. The van der Waals surface area contributed by atoms with E-state index in [2.05, 4.69) is 0 Å². The monoisotopic (exact) mass is 231 g/mol. The number of aliphatic hydroxyl groups is 1. The molecule has 1 atom stereocenters. The van der Waals surface area contributed by atoms with Gasteiger partial charge in [-0.25, -0.2) is 0 Å². The molecule has 0 aliphatic heterocycles. The maximum atomic E-state index is 11.4. The van der Waals surface area contributed by atoms with E-state index < -0.39 is 0 Å². The fraction of sp³-hybridized carbons (Fsp3) is 0.357. The van der Waals surface area contributed by atoms with Crippen molar-refractivity contribution in [2.45, 2.75) is 18.8 Å². The van der Waals surface area contributed by atoms with Crippen molar-refractivity contribution in [3.63, 3.8) is 0 Å². The summed E-state index contributed by atoms with van der Waals surface area (Å²) in [6.07, 6.45) is 2.39. The van der Waals surface area contributed by atoms with Crippen LogP contribution in [0, 0.1) is 0 Å². The summed E-state index contributed by atoms with van der Waals surface area (Å²) in [7, 11) is 3.99.